The van der Waals surface area contributed by atoms with Crippen LogP contribution in [0.1, 0.15) is 299 Å². The summed E-state index contributed by atoms with van der Waals surface area (Å²) in [6.45, 7) is 20.6. The van der Waals surface area contributed by atoms with Crippen LogP contribution in [-0.4, -0.2) is 99.3 Å². The van der Waals surface area contributed by atoms with Gasteiger partial charge in [0.05, 0.1) is 48.4 Å². The summed E-state index contributed by atoms with van der Waals surface area (Å²) in [5.74, 6) is -3.51. The highest BCUT2D eigenvalue weighted by Crippen LogP contribution is 2.59. The van der Waals surface area contributed by atoms with Crippen LogP contribution in [0.2, 0.25) is 0 Å². The fraction of sp³-hybridized carbons (Fsp3) is 0.481. The lowest BCUT2D eigenvalue weighted by atomic mass is 9.74. The number of unbranched alkanes of at least 4 members (excludes halogenated alkanes) is 8. The third-order valence-electron chi connectivity index (χ3n) is 26.0. The van der Waals surface area contributed by atoms with E-state index in [1.165, 1.54) is 0 Å². The van der Waals surface area contributed by atoms with Crippen molar-refractivity contribution in [3.8, 4) is 46.0 Å². The lowest BCUT2D eigenvalue weighted by Gasteiger charge is -2.38. The van der Waals surface area contributed by atoms with Crippen LogP contribution in [0, 0.1) is 23.7 Å². The number of amides is 8. The van der Waals surface area contributed by atoms with Crippen molar-refractivity contribution in [2.24, 2.45) is 23.7 Å². The Morgan fingerprint density at radius 2 is 0.449 bits per heavy atom. The van der Waals surface area contributed by atoms with Gasteiger partial charge in [-0.1, -0.05) is 281 Å². The second-order valence-corrected chi connectivity index (χ2v) is 37.2. The zero-order valence-electron chi connectivity index (χ0n) is 80.7. The molecular weight excluding hydrogens is 1730 g/mol. The van der Waals surface area contributed by atoms with E-state index in [9.17, 15) is 19.2 Å². The molecule has 4 heterocycles. The molecule has 4 unspecified atom stereocenters. The summed E-state index contributed by atoms with van der Waals surface area (Å²) in [7, 11) is 0. The molecule has 8 aromatic rings. The monoisotopic (exact) mass is 1860 g/mol. The summed E-state index contributed by atoms with van der Waals surface area (Å²) in [6.07, 6.45) is 8.11. The molecule has 4 aliphatic heterocycles. The van der Waals surface area contributed by atoms with Crippen LogP contribution in [-0.2, 0) is 90.7 Å². The Labute approximate surface area is 799 Å². The molecule has 8 N–H and O–H groups in total. The van der Waals surface area contributed by atoms with Gasteiger partial charge in [0.2, 0.25) is 50.8 Å². The topological polar surface area (TPSA) is 344 Å². The SMILES string of the molecule is CCCCCC1c2cc3c4c(CNC(=O)C(NC(=O)OCc5ccccc5)C(C)C)c2OCOc2c1cc1c(c2CNC(=O)C(NC(=O)OCc2ccccc2)C(C)C)OCOc2c(cc5c(c2CNC(=O)C(NC(=O)OCc2ccccc2)C(C)C)OCOc2c(cc(c(c2CNC(=O)C(NC(=O)OCc2ccccc2)C(C)C)OCO4)C3CCCCC)C5CCCCC)C1CCCCC. The van der Waals surface area contributed by atoms with Crippen LogP contribution < -0.4 is 80.4 Å². The lowest BCUT2D eigenvalue weighted by molar-refractivity contribution is -0.125. The van der Waals surface area contributed by atoms with E-state index < -0.39 is 147 Å². The van der Waals surface area contributed by atoms with Crippen molar-refractivity contribution in [2.75, 3.05) is 27.2 Å². The highest BCUT2D eigenvalue weighted by Gasteiger charge is 2.44. The Kier molecular flexibility index (Phi) is 36.3. The van der Waals surface area contributed by atoms with E-state index in [2.05, 4.69) is 94.5 Å². The van der Waals surface area contributed by atoms with Crippen molar-refractivity contribution in [3.63, 3.8) is 0 Å². The van der Waals surface area contributed by atoms with E-state index in [4.69, 9.17) is 56.8 Å². The first-order chi connectivity index (χ1) is 66.0. The highest BCUT2D eigenvalue weighted by atomic mass is 16.7. The number of hydrogen-bond donors (Lipinski definition) is 8. The van der Waals surface area contributed by atoms with Gasteiger partial charge in [-0.2, -0.15) is 0 Å². The molecule has 28 nitrogen and oxygen atoms in total. The zero-order chi connectivity index (χ0) is 96.3. The van der Waals surface area contributed by atoms with Crippen molar-refractivity contribution in [1.82, 2.24) is 42.5 Å². The van der Waals surface area contributed by atoms with E-state index in [0.717, 1.165) is 118 Å². The summed E-state index contributed by atoms with van der Waals surface area (Å²) in [5.41, 5.74) is 10.7. The Morgan fingerprint density at radius 3 is 0.610 bits per heavy atom. The minimum atomic E-state index is -1.10. The molecule has 13 rings (SSSR count). The molecule has 0 fully saturated rings. The smallest absolute Gasteiger partial charge is 0.408 e. The van der Waals surface area contributed by atoms with Gasteiger partial charge in [0.15, 0.2) is 0 Å². The van der Waals surface area contributed by atoms with E-state index in [0.29, 0.717) is 120 Å². The lowest BCUT2D eigenvalue weighted by Crippen LogP contribution is -2.49. The molecule has 0 saturated heterocycles. The molecule has 1 aliphatic carbocycles. The predicted octanol–water partition coefficient (Wildman–Crippen LogP) is 20.0. The largest absolute Gasteiger partial charge is 0.457 e. The third kappa shape index (κ3) is 25.2. The second kappa shape index (κ2) is 49.0. The predicted molar refractivity (Wildman–Crippen MR) is 515 cm³/mol. The number of nitrogens with one attached hydrogen (secondary N) is 8. The first-order valence-electron chi connectivity index (χ1n) is 48.8. The third-order valence-corrected chi connectivity index (χ3v) is 26.0. The number of hydrogen-bond acceptors (Lipinski definition) is 20. The number of carbonyl (C=O) groups excluding carboxylic acids is 8. The maximum absolute atomic E-state index is 15.5. The van der Waals surface area contributed by atoms with Crippen LogP contribution in [0.3, 0.4) is 0 Å². The number of carbonyl (C=O) groups is 8. The number of rotatable bonds is 44. The fourth-order valence-corrected chi connectivity index (χ4v) is 18.8. The Hall–Kier alpha value is -12.9. The molecule has 136 heavy (non-hydrogen) atoms. The molecule has 8 aromatic carbocycles. The van der Waals surface area contributed by atoms with E-state index in [-0.39, 0.29) is 52.6 Å². The first kappa shape index (κ1) is 101. The molecule has 0 aromatic heterocycles. The van der Waals surface area contributed by atoms with Gasteiger partial charge in [0, 0.05) is 68.2 Å². The van der Waals surface area contributed by atoms with Gasteiger partial charge in [-0.25, -0.2) is 19.2 Å². The van der Waals surface area contributed by atoms with E-state index in [1.807, 2.05) is 177 Å². The van der Waals surface area contributed by atoms with E-state index >= 15 is 19.2 Å². The van der Waals surface area contributed by atoms with Gasteiger partial charge in [-0.15, -0.1) is 0 Å². The maximum Gasteiger partial charge on any atom is 0.408 e. The van der Waals surface area contributed by atoms with Gasteiger partial charge in [0.1, 0.15) is 96.6 Å². The molecule has 8 amide bonds. The van der Waals surface area contributed by atoms with Gasteiger partial charge in [-0.3, -0.25) is 19.2 Å². The van der Waals surface area contributed by atoms with Gasteiger partial charge >= 0.3 is 24.4 Å². The molecule has 0 saturated carbocycles. The van der Waals surface area contributed by atoms with Crippen molar-refractivity contribution in [1.29, 1.82) is 0 Å². The molecule has 8 bridgehead atoms. The van der Waals surface area contributed by atoms with Crippen LogP contribution in [0.5, 0.6) is 46.0 Å². The first-order valence-corrected chi connectivity index (χ1v) is 48.8. The molecule has 5 aliphatic rings. The normalized spacial score (nSPS) is 16.1. The standard InChI is InChI=1S/C108H136N8O20/c1-13-17-25-45-73-77-49-79-74(46-26-18-14-2)81-51-83-76(48-28-20-16-4)84-52-82-75(47-27-19-15-3)80-50-78(73)94-86(54-110-102(118)90(66(7)8)114-106(122)126-58-70-39-31-22-32-40-70)96(80)132-63-134-98(82)88(56-112-104(120)92(68(11)12)116-108(124)128-60-72-43-35-24-36-44-72)100(84)136-64-135-99(83)87(55-111-103(119)91(67(9)10)115-107(123)127-59-71-41-33-23-34-42-71)97(81)133-62-131-95(79)85(93(77)129-61-130-94)53-109-101(117)89(65(5)6)113-105(121)125-57-69-37-29-21-30-38-69/h21-24,29-44,49-52,65-68,73-76,89-92H,13-20,25-28,45-48,53-64H2,1-12H3,(H,109,117)(H,110,118)(H,111,119)(H,112,120)(H,113,121)(H,114,122)(H,115,123)(H,116,124). The molecule has 728 valence electrons. The van der Waals surface area contributed by atoms with Crippen LogP contribution >= 0.6 is 0 Å². The van der Waals surface area contributed by atoms with E-state index in [1.54, 1.807) is 0 Å². The van der Waals surface area contributed by atoms with Crippen LogP contribution in [0.15, 0.2) is 146 Å². The quantitative estimate of drug-likeness (QED) is 0.0130. The summed E-state index contributed by atoms with van der Waals surface area (Å²) in [5, 5.41) is 24.6. The number of ether oxygens (including phenoxy) is 12. The summed E-state index contributed by atoms with van der Waals surface area (Å²) in [6, 6.07) is 41.6. The summed E-state index contributed by atoms with van der Waals surface area (Å²) < 4.78 is 81.5. The van der Waals surface area contributed by atoms with Crippen LogP contribution in [0.4, 0.5) is 19.2 Å². The van der Waals surface area contributed by atoms with Crippen molar-refractivity contribution < 1.29 is 95.2 Å². The number of alkyl carbamates (subject to hydrolysis) is 4. The summed E-state index contributed by atoms with van der Waals surface area (Å²) in [4.78, 5) is 118. The minimum absolute atomic E-state index is 0.0352. The molecular formula is C108H136N8O20. The Balaban J connectivity index is 1.08. The highest BCUT2D eigenvalue weighted by molar-refractivity contribution is 5.89. The second-order valence-electron chi connectivity index (χ2n) is 37.2. The average molecular weight is 1870 g/mol. The average Bonchev–Trinajstić information content (AvgIpc) is 0.717. The zero-order valence-corrected chi connectivity index (χ0v) is 80.7. The minimum Gasteiger partial charge on any atom is -0.457 e. The Bertz CT molecular complexity index is 4620. The van der Waals surface area contributed by atoms with Crippen molar-refractivity contribution >= 4 is 48.0 Å². The maximum atomic E-state index is 15.5. The Morgan fingerprint density at radius 1 is 0.272 bits per heavy atom. The fourth-order valence-electron chi connectivity index (χ4n) is 18.8. The van der Waals surface area contributed by atoms with Crippen molar-refractivity contribution in [2.45, 2.75) is 286 Å². The molecule has 0 radical (unpaired) electrons. The van der Waals surface area contributed by atoms with Crippen molar-refractivity contribution in [3.05, 3.63) is 235 Å². The summed E-state index contributed by atoms with van der Waals surface area (Å²) >= 11 is 0. The molecule has 0 spiro atoms. The van der Waals surface area contributed by atoms with Gasteiger partial charge < -0.3 is 99.4 Å². The van der Waals surface area contributed by atoms with Gasteiger partial charge in [-0.05, 0) is 95.9 Å². The van der Waals surface area contributed by atoms with Gasteiger partial charge in [0.25, 0.3) is 0 Å². The molecule has 4 atom stereocenters. The number of benzene rings is 8. The molecule has 28 heteroatoms. The van der Waals surface area contributed by atoms with Crippen LogP contribution in [0.25, 0.3) is 0 Å².